The maximum atomic E-state index is 13.1. The molecule has 1 aromatic rings. The van der Waals surface area contributed by atoms with Crippen LogP contribution in [0.25, 0.3) is 0 Å². The second-order valence-corrected chi connectivity index (χ2v) is 5.10. The van der Waals surface area contributed by atoms with Gasteiger partial charge in [-0.25, -0.2) is 4.39 Å². The molecular formula is C12H12Cl2FNO. The van der Waals surface area contributed by atoms with Crippen LogP contribution in [0.5, 0.6) is 0 Å². The van der Waals surface area contributed by atoms with Gasteiger partial charge >= 0.3 is 0 Å². The Balaban J connectivity index is 2.32. The summed E-state index contributed by atoms with van der Waals surface area (Å²) in [6, 6.07) is 2.48. The van der Waals surface area contributed by atoms with Crippen molar-refractivity contribution in [2.24, 2.45) is 5.92 Å². The number of hydrogen-bond acceptors (Lipinski definition) is 2. The predicted octanol–water partition coefficient (Wildman–Crippen LogP) is 3.55. The van der Waals surface area contributed by atoms with Gasteiger partial charge in [0.05, 0.1) is 15.7 Å². The molecule has 0 N–H and O–H groups in total. The average Bonchev–Trinajstić information content (AvgIpc) is 2.21. The monoisotopic (exact) mass is 275 g/mol. The summed E-state index contributed by atoms with van der Waals surface area (Å²) >= 11 is 12.0. The Morgan fingerprint density at radius 1 is 1.35 bits per heavy atom. The molecule has 1 heterocycles. The summed E-state index contributed by atoms with van der Waals surface area (Å²) in [5, 5.41) is 0.577. The molecule has 92 valence electrons. The first-order valence-electron chi connectivity index (χ1n) is 5.41. The van der Waals surface area contributed by atoms with Gasteiger partial charge in [-0.15, -0.1) is 0 Å². The highest BCUT2D eigenvalue weighted by molar-refractivity contribution is 6.39. The highest BCUT2D eigenvalue weighted by Crippen LogP contribution is 2.36. The normalized spacial score (nSPS) is 20.8. The van der Waals surface area contributed by atoms with Crippen LogP contribution in [0.2, 0.25) is 10.0 Å². The lowest BCUT2D eigenvalue weighted by molar-refractivity contribution is -0.122. The second-order valence-electron chi connectivity index (χ2n) is 4.28. The molecule has 1 fully saturated rings. The number of benzene rings is 1. The molecule has 0 aliphatic carbocycles. The molecular weight excluding hydrogens is 264 g/mol. The number of nitrogens with zero attached hydrogens (tertiary/aromatic N) is 1. The zero-order chi connectivity index (χ0) is 12.6. The van der Waals surface area contributed by atoms with Crippen molar-refractivity contribution in [3.8, 4) is 0 Å². The number of ketones is 1. The average molecular weight is 276 g/mol. The lowest BCUT2D eigenvalue weighted by Gasteiger charge is -2.33. The predicted molar refractivity (Wildman–Crippen MR) is 67.4 cm³/mol. The highest BCUT2D eigenvalue weighted by Gasteiger charge is 2.26. The molecule has 5 heteroatoms. The summed E-state index contributed by atoms with van der Waals surface area (Å²) < 4.78 is 13.1. The molecule has 2 rings (SSSR count). The summed E-state index contributed by atoms with van der Waals surface area (Å²) in [6.07, 6.45) is 0.477. The molecule has 1 aliphatic rings. The van der Waals surface area contributed by atoms with Crippen molar-refractivity contribution in [3.63, 3.8) is 0 Å². The molecule has 1 aromatic carbocycles. The van der Waals surface area contributed by atoms with Gasteiger partial charge in [0, 0.05) is 25.4 Å². The van der Waals surface area contributed by atoms with Crippen molar-refractivity contribution < 1.29 is 9.18 Å². The van der Waals surface area contributed by atoms with E-state index in [1.807, 2.05) is 11.8 Å². The molecule has 0 radical (unpaired) electrons. The largest absolute Gasteiger partial charge is 0.368 e. The van der Waals surface area contributed by atoms with E-state index in [9.17, 15) is 9.18 Å². The summed E-state index contributed by atoms with van der Waals surface area (Å²) in [7, 11) is 0. The molecule has 1 unspecified atom stereocenters. The smallest absolute Gasteiger partial charge is 0.139 e. The zero-order valence-electron chi connectivity index (χ0n) is 9.34. The van der Waals surface area contributed by atoms with Crippen molar-refractivity contribution >= 4 is 34.7 Å². The number of halogens is 3. The molecule has 0 aromatic heterocycles. The SMILES string of the molecule is CC1CN(c2c(Cl)cc(F)cc2Cl)CCC1=O. The summed E-state index contributed by atoms with van der Waals surface area (Å²) in [6.45, 7) is 3.03. The topological polar surface area (TPSA) is 20.3 Å². The van der Waals surface area contributed by atoms with Gasteiger partial charge in [-0.1, -0.05) is 30.1 Å². The minimum atomic E-state index is -0.454. The van der Waals surface area contributed by atoms with E-state index in [-0.39, 0.29) is 21.7 Å². The zero-order valence-corrected chi connectivity index (χ0v) is 10.9. The van der Waals surface area contributed by atoms with Crippen LogP contribution in [-0.2, 0) is 4.79 Å². The summed E-state index contributed by atoms with van der Waals surface area (Å²) in [5.41, 5.74) is 0.620. The second kappa shape index (κ2) is 4.83. The first kappa shape index (κ1) is 12.7. The quantitative estimate of drug-likeness (QED) is 0.781. The Hall–Kier alpha value is -0.800. The van der Waals surface area contributed by atoms with Crippen LogP contribution in [0.4, 0.5) is 10.1 Å². The molecule has 1 atom stereocenters. The van der Waals surface area contributed by atoms with Crippen LogP contribution in [0.3, 0.4) is 0 Å². The van der Waals surface area contributed by atoms with Crippen LogP contribution in [-0.4, -0.2) is 18.9 Å². The van der Waals surface area contributed by atoms with E-state index in [2.05, 4.69) is 0 Å². The number of piperidine rings is 1. The Morgan fingerprint density at radius 3 is 2.47 bits per heavy atom. The Morgan fingerprint density at radius 2 is 1.94 bits per heavy atom. The first-order valence-corrected chi connectivity index (χ1v) is 6.17. The van der Waals surface area contributed by atoms with E-state index >= 15 is 0 Å². The Kier molecular flexibility index (Phi) is 3.59. The van der Waals surface area contributed by atoms with Crippen LogP contribution in [0, 0.1) is 11.7 Å². The van der Waals surface area contributed by atoms with Crippen molar-refractivity contribution in [2.45, 2.75) is 13.3 Å². The lowest BCUT2D eigenvalue weighted by Crippen LogP contribution is -2.39. The van der Waals surface area contributed by atoms with Crippen molar-refractivity contribution in [3.05, 3.63) is 28.0 Å². The van der Waals surface area contributed by atoms with Gasteiger partial charge < -0.3 is 4.90 Å². The van der Waals surface area contributed by atoms with Gasteiger partial charge in [-0.3, -0.25) is 4.79 Å². The fourth-order valence-corrected chi connectivity index (χ4v) is 2.75. The van der Waals surface area contributed by atoms with Crippen LogP contribution >= 0.6 is 23.2 Å². The maximum Gasteiger partial charge on any atom is 0.139 e. The first-order chi connectivity index (χ1) is 7.99. The van der Waals surface area contributed by atoms with Crippen LogP contribution < -0.4 is 4.90 Å². The fourth-order valence-electron chi connectivity index (χ4n) is 2.06. The lowest BCUT2D eigenvalue weighted by atomic mass is 9.98. The number of hydrogen-bond donors (Lipinski definition) is 0. The highest BCUT2D eigenvalue weighted by atomic mass is 35.5. The number of anilines is 1. The van der Waals surface area contributed by atoms with Crippen molar-refractivity contribution in [1.82, 2.24) is 0 Å². The van der Waals surface area contributed by atoms with Crippen molar-refractivity contribution in [2.75, 3.05) is 18.0 Å². The van der Waals surface area contributed by atoms with Gasteiger partial charge in [0.15, 0.2) is 0 Å². The van der Waals surface area contributed by atoms with E-state index in [4.69, 9.17) is 23.2 Å². The van der Waals surface area contributed by atoms with E-state index in [1.165, 1.54) is 12.1 Å². The summed E-state index contributed by atoms with van der Waals surface area (Å²) in [5.74, 6) is -0.249. The number of rotatable bonds is 1. The molecule has 0 spiro atoms. The van der Waals surface area contributed by atoms with E-state index in [1.54, 1.807) is 0 Å². The third-order valence-corrected chi connectivity index (χ3v) is 3.55. The number of carbonyl (C=O) groups excluding carboxylic acids is 1. The van der Waals surface area contributed by atoms with E-state index in [0.29, 0.717) is 25.2 Å². The summed E-state index contributed by atoms with van der Waals surface area (Å²) in [4.78, 5) is 13.4. The van der Waals surface area contributed by atoms with Crippen LogP contribution in [0.1, 0.15) is 13.3 Å². The standard InChI is InChI=1S/C12H12Cl2FNO/c1-7-6-16(3-2-11(7)17)12-9(13)4-8(15)5-10(12)14/h4-5,7H,2-3,6H2,1H3. The number of Topliss-reactive ketones (excluding diaryl/α,β-unsaturated/α-hetero) is 1. The maximum absolute atomic E-state index is 13.1. The van der Waals surface area contributed by atoms with Gasteiger partial charge in [0.1, 0.15) is 11.6 Å². The third-order valence-electron chi connectivity index (χ3n) is 2.97. The molecule has 1 saturated heterocycles. The van der Waals surface area contributed by atoms with Gasteiger partial charge in [0.25, 0.3) is 0 Å². The Labute approximate surface area is 109 Å². The number of carbonyl (C=O) groups is 1. The van der Waals surface area contributed by atoms with E-state index < -0.39 is 5.82 Å². The van der Waals surface area contributed by atoms with Gasteiger partial charge in [-0.2, -0.15) is 0 Å². The molecule has 1 aliphatic heterocycles. The van der Waals surface area contributed by atoms with E-state index in [0.717, 1.165) is 0 Å². The molecule has 2 nitrogen and oxygen atoms in total. The fraction of sp³-hybridized carbons (Fsp3) is 0.417. The Bertz CT molecular complexity index is 441. The molecule has 0 saturated carbocycles. The van der Waals surface area contributed by atoms with Crippen LogP contribution in [0.15, 0.2) is 12.1 Å². The minimum Gasteiger partial charge on any atom is -0.368 e. The molecule has 0 bridgehead atoms. The van der Waals surface area contributed by atoms with Crippen molar-refractivity contribution in [1.29, 1.82) is 0 Å². The minimum absolute atomic E-state index is 0.0408. The van der Waals surface area contributed by atoms with Gasteiger partial charge in [-0.05, 0) is 12.1 Å². The van der Waals surface area contributed by atoms with Gasteiger partial charge in [0.2, 0.25) is 0 Å². The molecule has 0 amide bonds. The molecule has 17 heavy (non-hydrogen) atoms. The third kappa shape index (κ3) is 2.55.